The van der Waals surface area contributed by atoms with Crippen LogP contribution >= 0.6 is 0 Å². The molecule has 0 aliphatic heterocycles. The van der Waals surface area contributed by atoms with Gasteiger partial charge in [-0.15, -0.1) is 0 Å². The Balaban J connectivity index is -0.000000333. The van der Waals surface area contributed by atoms with Crippen LogP contribution in [-0.4, -0.2) is 45.3 Å². The second-order valence-electron chi connectivity index (χ2n) is 4.88. The van der Waals surface area contributed by atoms with E-state index in [1.54, 1.807) is 0 Å². The number of aliphatic carboxylic acids is 2. The van der Waals surface area contributed by atoms with Crippen molar-refractivity contribution in [3.8, 4) is 0 Å². The largest absolute Gasteiger partial charge is 0.478 e. The first-order chi connectivity index (χ1) is 9.80. The number of carboxylic acid groups (broad SMARTS) is 2. The number of carboxylic acids is 2. The third-order valence-electron chi connectivity index (χ3n) is 2.07. The molecule has 0 amide bonds. The molecular formula is C14H20O8Zn. The molecule has 23 heavy (non-hydrogen) atoms. The Morgan fingerprint density at radius 3 is 1.13 bits per heavy atom. The molecule has 0 bridgehead atoms. The molecule has 8 nitrogen and oxygen atoms in total. The van der Waals surface area contributed by atoms with E-state index in [0.717, 1.165) is 12.2 Å². The summed E-state index contributed by atoms with van der Waals surface area (Å²) in [6, 6.07) is 0. The normalized spacial score (nSPS) is 9.91. The smallest absolute Gasteiger partial charge is 0.347 e. The summed E-state index contributed by atoms with van der Waals surface area (Å²) in [5.74, 6) is -3.85. The van der Waals surface area contributed by atoms with Gasteiger partial charge in [0.05, 0.1) is 0 Å². The molecule has 0 aliphatic rings. The first kappa shape index (κ1) is 25.9. The van der Waals surface area contributed by atoms with Gasteiger partial charge in [-0.25, -0.2) is 19.2 Å². The Bertz CT molecular complexity index is 435. The Morgan fingerprint density at radius 2 is 1.00 bits per heavy atom. The molecule has 0 saturated carbocycles. The summed E-state index contributed by atoms with van der Waals surface area (Å²) in [7, 11) is 0. The van der Waals surface area contributed by atoms with Crippen LogP contribution < -0.4 is 0 Å². The molecule has 0 aromatic rings. The summed E-state index contributed by atoms with van der Waals surface area (Å²) < 4.78 is 8.98. The van der Waals surface area contributed by atoms with E-state index in [1.807, 2.05) is 0 Å². The van der Waals surface area contributed by atoms with Gasteiger partial charge < -0.3 is 19.7 Å². The number of carbonyl (C=O) groups excluding carboxylic acids is 2. The van der Waals surface area contributed by atoms with E-state index in [4.69, 9.17) is 10.2 Å². The SMILES string of the molecule is C=CC(=O)OC(C)(C)C(=O)O.C=CC(=O)OC(C)(C)C(=O)O.[Zn]. The minimum Gasteiger partial charge on any atom is -0.478 e. The maximum absolute atomic E-state index is 10.5. The Labute approximate surface area is 146 Å². The van der Waals surface area contributed by atoms with Crippen molar-refractivity contribution in [1.29, 1.82) is 0 Å². The average Bonchev–Trinajstić information content (AvgIpc) is 2.37. The Hall–Kier alpha value is -2.02. The molecule has 9 heteroatoms. The monoisotopic (exact) mass is 380 g/mol. The van der Waals surface area contributed by atoms with E-state index in [-0.39, 0.29) is 19.5 Å². The van der Waals surface area contributed by atoms with Crippen LogP contribution in [0.1, 0.15) is 27.7 Å². The van der Waals surface area contributed by atoms with Crippen molar-refractivity contribution in [2.75, 3.05) is 0 Å². The molecule has 0 aromatic heterocycles. The summed E-state index contributed by atoms with van der Waals surface area (Å²) in [5, 5.41) is 16.9. The van der Waals surface area contributed by atoms with Crippen LogP contribution in [0.25, 0.3) is 0 Å². The second-order valence-corrected chi connectivity index (χ2v) is 4.88. The molecule has 0 saturated heterocycles. The maximum atomic E-state index is 10.5. The third kappa shape index (κ3) is 11.2. The third-order valence-corrected chi connectivity index (χ3v) is 2.07. The Kier molecular flexibility index (Phi) is 12.0. The molecule has 0 aliphatic carbocycles. The van der Waals surface area contributed by atoms with Gasteiger partial charge in [0.2, 0.25) is 11.2 Å². The van der Waals surface area contributed by atoms with Gasteiger partial charge in [0.25, 0.3) is 0 Å². The zero-order valence-corrected chi connectivity index (χ0v) is 16.6. The summed E-state index contributed by atoms with van der Waals surface area (Å²) in [6.07, 6.45) is 1.84. The van der Waals surface area contributed by atoms with Gasteiger partial charge >= 0.3 is 23.9 Å². The van der Waals surface area contributed by atoms with E-state index in [9.17, 15) is 19.2 Å². The number of hydrogen-bond donors (Lipinski definition) is 2. The van der Waals surface area contributed by atoms with Crippen LogP contribution in [0.5, 0.6) is 0 Å². The summed E-state index contributed by atoms with van der Waals surface area (Å²) in [4.78, 5) is 41.8. The molecule has 0 fully saturated rings. The zero-order chi connectivity index (χ0) is 18.1. The number of esters is 2. The van der Waals surface area contributed by atoms with Crippen LogP contribution in [0, 0.1) is 0 Å². The topological polar surface area (TPSA) is 127 Å². The Morgan fingerprint density at radius 1 is 0.783 bits per heavy atom. The van der Waals surface area contributed by atoms with Crippen molar-refractivity contribution in [2.24, 2.45) is 0 Å². The molecule has 0 radical (unpaired) electrons. The van der Waals surface area contributed by atoms with Crippen LogP contribution in [0.2, 0.25) is 0 Å². The van der Waals surface area contributed by atoms with E-state index in [1.165, 1.54) is 27.7 Å². The molecular weight excluding hydrogens is 362 g/mol. The fraction of sp³-hybridized carbons (Fsp3) is 0.429. The fourth-order valence-corrected chi connectivity index (χ4v) is 0.674. The quantitative estimate of drug-likeness (QED) is 0.398. The maximum Gasteiger partial charge on any atom is 0.347 e. The van der Waals surface area contributed by atoms with Gasteiger partial charge in [0.15, 0.2) is 0 Å². The number of ether oxygens (including phenoxy) is 2. The zero-order valence-electron chi connectivity index (χ0n) is 13.6. The number of carbonyl (C=O) groups is 4. The predicted octanol–water partition coefficient (Wildman–Crippen LogP) is 1.16. The molecule has 0 atom stereocenters. The molecule has 0 aromatic carbocycles. The number of rotatable bonds is 6. The molecule has 0 heterocycles. The van der Waals surface area contributed by atoms with Gasteiger partial charge in [-0.1, -0.05) is 13.2 Å². The first-order valence-corrected chi connectivity index (χ1v) is 5.97. The van der Waals surface area contributed by atoms with Crippen LogP contribution in [0.3, 0.4) is 0 Å². The van der Waals surface area contributed by atoms with Crippen LogP contribution in [0.15, 0.2) is 25.3 Å². The van der Waals surface area contributed by atoms with Gasteiger partial charge in [-0.05, 0) is 27.7 Å². The molecule has 0 rings (SSSR count). The minimum atomic E-state index is -1.48. The summed E-state index contributed by atoms with van der Waals surface area (Å²) >= 11 is 0. The van der Waals surface area contributed by atoms with E-state index >= 15 is 0 Å². The van der Waals surface area contributed by atoms with Crippen molar-refractivity contribution in [3.05, 3.63) is 25.3 Å². The van der Waals surface area contributed by atoms with E-state index < -0.39 is 35.1 Å². The first-order valence-electron chi connectivity index (χ1n) is 5.97. The van der Waals surface area contributed by atoms with Crippen molar-refractivity contribution in [3.63, 3.8) is 0 Å². The second kappa shape index (κ2) is 10.7. The molecule has 0 unspecified atom stereocenters. The predicted molar refractivity (Wildman–Crippen MR) is 76.0 cm³/mol. The van der Waals surface area contributed by atoms with Crippen molar-refractivity contribution in [2.45, 2.75) is 38.9 Å². The van der Waals surface area contributed by atoms with Gasteiger partial charge in [0, 0.05) is 31.6 Å². The average molecular weight is 382 g/mol. The molecule has 0 spiro atoms. The van der Waals surface area contributed by atoms with Crippen molar-refractivity contribution in [1.82, 2.24) is 0 Å². The molecule has 2 N–H and O–H groups in total. The van der Waals surface area contributed by atoms with E-state index in [2.05, 4.69) is 22.6 Å². The standard InChI is InChI=1S/2C7H10O4.Zn/c2*1-4-5(8)11-7(2,3)6(9)10;/h2*4H,1H2,2-3H3,(H,9,10);. The van der Waals surface area contributed by atoms with Crippen LogP contribution in [0.4, 0.5) is 0 Å². The van der Waals surface area contributed by atoms with Gasteiger partial charge in [-0.3, -0.25) is 0 Å². The number of hydrogen-bond acceptors (Lipinski definition) is 6. The van der Waals surface area contributed by atoms with Crippen LogP contribution in [-0.2, 0) is 48.1 Å². The van der Waals surface area contributed by atoms with Crippen molar-refractivity contribution < 1.29 is 58.3 Å². The molecule has 126 valence electrons. The summed E-state index contributed by atoms with van der Waals surface area (Å²) in [5.41, 5.74) is -2.96. The minimum absolute atomic E-state index is 0. The fourth-order valence-electron chi connectivity index (χ4n) is 0.674. The van der Waals surface area contributed by atoms with Gasteiger partial charge in [0.1, 0.15) is 0 Å². The van der Waals surface area contributed by atoms with E-state index in [0.29, 0.717) is 0 Å². The van der Waals surface area contributed by atoms with Gasteiger partial charge in [-0.2, -0.15) is 0 Å². The van der Waals surface area contributed by atoms with Crippen molar-refractivity contribution >= 4 is 23.9 Å². The summed E-state index contributed by atoms with van der Waals surface area (Å²) in [6.45, 7) is 11.4.